The molecule has 2 aromatic carbocycles. The molecule has 1 unspecified atom stereocenters. The lowest BCUT2D eigenvalue weighted by atomic mass is 10.1. The van der Waals surface area contributed by atoms with E-state index in [9.17, 15) is 14.9 Å². The number of carbonyl (C=O) groups excluding carboxylic acids is 1. The molecule has 0 aliphatic rings. The number of nitro groups is 1. The van der Waals surface area contributed by atoms with E-state index in [1.54, 1.807) is 35.7 Å². The molecule has 0 aliphatic heterocycles. The van der Waals surface area contributed by atoms with Crippen molar-refractivity contribution in [2.24, 2.45) is 0 Å². The largest absolute Gasteiger partial charge is 0.481 e. The Morgan fingerprint density at radius 2 is 1.81 bits per heavy atom. The average molecular weight is 430 g/mol. The number of rotatable bonds is 7. The monoisotopic (exact) mass is 430 g/mol. The van der Waals surface area contributed by atoms with Crippen molar-refractivity contribution in [2.45, 2.75) is 26.4 Å². The number of benzene rings is 2. The Morgan fingerprint density at radius 1 is 1.09 bits per heavy atom. The van der Waals surface area contributed by atoms with Crippen molar-refractivity contribution in [1.82, 2.24) is 9.38 Å². The molecule has 8 heteroatoms. The summed E-state index contributed by atoms with van der Waals surface area (Å²) in [5.41, 5.74) is 4.05. The van der Waals surface area contributed by atoms with Crippen LogP contribution in [0.3, 0.4) is 0 Å². The molecule has 0 aliphatic carbocycles. The molecule has 2 heterocycles. The van der Waals surface area contributed by atoms with Crippen LogP contribution in [0.2, 0.25) is 0 Å². The van der Waals surface area contributed by atoms with Gasteiger partial charge in [-0.25, -0.2) is 4.98 Å². The number of amides is 1. The molecule has 1 atom stereocenters. The van der Waals surface area contributed by atoms with Gasteiger partial charge in [-0.2, -0.15) is 0 Å². The van der Waals surface area contributed by atoms with Crippen LogP contribution in [0.1, 0.15) is 19.4 Å². The molecular weight excluding hydrogens is 408 g/mol. The highest BCUT2D eigenvalue weighted by molar-refractivity contribution is 5.94. The van der Waals surface area contributed by atoms with Crippen molar-refractivity contribution >= 4 is 22.9 Å². The maximum atomic E-state index is 12.4. The lowest BCUT2D eigenvalue weighted by Gasteiger charge is -2.15. The van der Waals surface area contributed by atoms with Crippen LogP contribution >= 0.6 is 0 Å². The Kier molecular flexibility index (Phi) is 5.85. The van der Waals surface area contributed by atoms with Crippen LogP contribution in [-0.2, 0) is 11.2 Å². The van der Waals surface area contributed by atoms with Crippen LogP contribution < -0.4 is 10.1 Å². The lowest BCUT2D eigenvalue weighted by molar-refractivity contribution is -0.385. The van der Waals surface area contributed by atoms with E-state index in [1.807, 2.05) is 36.4 Å². The van der Waals surface area contributed by atoms with E-state index in [4.69, 9.17) is 4.74 Å². The number of aryl methyl sites for hydroxylation is 1. The molecule has 2 aromatic heterocycles. The fourth-order valence-electron chi connectivity index (χ4n) is 3.26. The SMILES string of the molecule is CCc1ccc(NC(=O)C(C)Oc2ccc(-c3cn4cc([N+](=O)[O-])ccc4n3)cc2)cc1. The summed E-state index contributed by atoms with van der Waals surface area (Å²) in [6.45, 7) is 3.77. The summed E-state index contributed by atoms with van der Waals surface area (Å²) in [5.74, 6) is 0.317. The number of anilines is 1. The Labute approximate surface area is 184 Å². The second kappa shape index (κ2) is 8.89. The molecule has 4 rings (SSSR count). The van der Waals surface area contributed by atoms with Crippen molar-refractivity contribution in [2.75, 3.05) is 5.32 Å². The first-order valence-corrected chi connectivity index (χ1v) is 10.2. The molecule has 0 saturated heterocycles. The van der Waals surface area contributed by atoms with Crippen LogP contribution in [0.15, 0.2) is 73.1 Å². The van der Waals surface area contributed by atoms with E-state index in [-0.39, 0.29) is 11.6 Å². The quantitative estimate of drug-likeness (QED) is 0.333. The highest BCUT2D eigenvalue weighted by Crippen LogP contribution is 2.24. The molecule has 0 fully saturated rings. The third-order valence-corrected chi connectivity index (χ3v) is 5.11. The minimum atomic E-state index is -0.678. The number of ether oxygens (including phenoxy) is 1. The van der Waals surface area contributed by atoms with E-state index in [1.165, 1.54) is 17.8 Å². The van der Waals surface area contributed by atoms with Crippen molar-refractivity contribution in [1.29, 1.82) is 0 Å². The van der Waals surface area contributed by atoms with Gasteiger partial charge in [0.2, 0.25) is 0 Å². The first kappa shape index (κ1) is 21.0. The summed E-state index contributed by atoms with van der Waals surface area (Å²) >= 11 is 0. The molecule has 162 valence electrons. The van der Waals surface area contributed by atoms with Gasteiger partial charge in [0.15, 0.2) is 6.10 Å². The van der Waals surface area contributed by atoms with Gasteiger partial charge in [0.05, 0.1) is 16.8 Å². The molecule has 1 N–H and O–H groups in total. The number of aromatic nitrogens is 2. The van der Waals surface area contributed by atoms with Crippen LogP contribution in [0.4, 0.5) is 11.4 Å². The number of imidazole rings is 1. The molecule has 8 nitrogen and oxygen atoms in total. The van der Waals surface area contributed by atoms with E-state index in [2.05, 4.69) is 17.2 Å². The van der Waals surface area contributed by atoms with Crippen LogP contribution in [0.5, 0.6) is 5.75 Å². The minimum Gasteiger partial charge on any atom is -0.481 e. The van der Waals surface area contributed by atoms with Gasteiger partial charge in [0, 0.05) is 23.5 Å². The summed E-state index contributed by atoms with van der Waals surface area (Å²) < 4.78 is 7.39. The topological polar surface area (TPSA) is 98.8 Å². The molecule has 1 amide bonds. The fraction of sp³-hybridized carbons (Fsp3) is 0.167. The van der Waals surface area contributed by atoms with Gasteiger partial charge in [0.1, 0.15) is 11.4 Å². The zero-order valence-electron chi connectivity index (χ0n) is 17.7. The average Bonchev–Trinajstić information content (AvgIpc) is 3.23. The van der Waals surface area contributed by atoms with Crippen molar-refractivity contribution in [3.8, 4) is 17.0 Å². The maximum absolute atomic E-state index is 12.4. The summed E-state index contributed by atoms with van der Waals surface area (Å²) in [5, 5.41) is 13.8. The Balaban J connectivity index is 1.42. The summed E-state index contributed by atoms with van der Waals surface area (Å²) in [7, 11) is 0. The van der Waals surface area contributed by atoms with Gasteiger partial charge < -0.3 is 10.1 Å². The van der Waals surface area contributed by atoms with Crippen LogP contribution in [0.25, 0.3) is 16.9 Å². The minimum absolute atomic E-state index is 0.00114. The second-order valence-electron chi connectivity index (χ2n) is 7.36. The highest BCUT2D eigenvalue weighted by Gasteiger charge is 2.15. The number of hydrogen-bond acceptors (Lipinski definition) is 5. The molecule has 32 heavy (non-hydrogen) atoms. The number of nitrogens with one attached hydrogen (secondary N) is 1. The van der Waals surface area contributed by atoms with Gasteiger partial charge in [-0.05, 0) is 61.4 Å². The number of nitrogens with zero attached hydrogens (tertiary/aromatic N) is 3. The van der Waals surface area contributed by atoms with Crippen molar-refractivity contribution in [3.05, 3.63) is 88.7 Å². The van der Waals surface area contributed by atoms with Gasteiger partial charge >= 0.3 is 0 Å². The van der Waals surface area contributed by atoms with Crippen LogP contribution in [0, 0.1) is 10.1 Å². The van der Waals surface area contributed by atoms with E-state index in [0.29, 0.717) is 17.1 Å². The van der Waals surface area contributed by atoms with E-state index < -0.39 is 11.0 Å². The van der Waals surface area contributed by atoms with Gasteiger partial charge in [-0.1, -0.05) is 19.1 Å². The molecular formula is C24H22N4O4. The predicted octanol–water partition coefficient (Wildman–Crippen LogP) is 4.88. The van der Waals surface area contributed by atoms with Crippen molar-refractivity contribution < 1.29 is 14.5 Å². The van der Waals surface area contributed by atoms with Crippen molar-refractivity contribution in [3.63, 3.8) is 0 Å². The number of fused-ring (bicyclic) bond motifs is 1. The fourth-order valence-corrected chi connectivity index (χ4v) is 3.26. The molecule has 0 bridgehead atoms. The van der Waals surface area contributed by atoms with Gasteiger partial charge in [-0.3, -0.25) is 19.3 Å². The Morgan fingerprint density at radius 3 is 2.47 bits per heavy atom. The second-order valence-corrected chi connectivity index (χ2v) is 7.36. The number of carbonyl (C=O) groups is 1. The third kappa shape index (κ3) is 4.59. The first-order chi connectivity index (χ1) is 15.4. The molecule has 0 saturated carbocycles. The Hall–Kier alpha value is -4.20. The molecule has 0 radical (unpaired) electrons. The standard InChI is InChI=1S/C24H22N4O4/c1-3-17-4-8-19(9-5-17)25-24(29)16(2)32-21-11-6-18(7-12-21)22-15-27-14-20(28(30)31)10-13-23(27)26-22/h4-16H,3H2,1-2H3,(H,25,29). The van der Waals surface area contributed by atoms with Gasteiger partial charge in [0.25, 0.3) is 11.6 Å². The first-order valence-electron chi connectivity index (χ1n) is 10.2. The number of hydrogen-bond donors (Lipinski definition) is 1. The van der Waals surface area contributed by atoms with E-state index >= 15 is 0 Å². The third-order valence-electron chi connectivity index (χ3n) is 5.11. The molecule has 4 aromatic rings. The zero-order valence-corrected chi connectivity index (χ0v) is 17.7. The normalized spacial score (nSPS) is 11.8. The maximum Gasteiger partial charge on any atom is 0.286 e. The summed E-state index contributed by atoms with van der Waals surface area (Å²) in [4.78, 5) is 27.4. The van der Waals surface area contributed by atoms with Crippen LogP contribution in [-0.4, -0.2) is 26.3 Å². The predicted molar refractivity (Wildman–Crippen MR) is 122 cm³/mol. The van der Waals surface area contributed by atoms with E-state index in [0.717, 1.165) is 17.7 Å². The highest BCUT2D eigenvalue weighted by atomic mass is 16.6. The molecule has 0 spiro atoms. The smallest absolute Gasteiger partial charge is 0.286 e. The number of pyridine rings is 1. The summed E-state index contributed by atoms with van der Waals surface area (Å²) in [6, 6.07) is 17.9. The Bertz CT molecular complexity index is 1260. The zero-order chi connectivity index (χ0) is 22.7. The van der Waals surface area contributed by atoms with Gasteiger partial charge in [-0.15, -0.1) is 0 Å². The lowest BCUT2D eigenvalue weighted by Crippen LogP contribution is -2.30. The summed E-state index contributed by atoms with van der Waals surface area (Å²) in [6.07, 6.45) is 3.43.